The number of carbonyl (C=O) groups is 2. The van der Waals surface area contributed by atoms with Crippen molar-refractivity contribution in [2.24, 2.45) is 0 Å². The number of benzene rings is 1. The Labute approximate surface area is 118 Å². The van der Waals surface area contributed by atoms with Gasteiger partial charge in [-0.15, -0.1) is 0 Å². The molecular formula is C15H19N3O2. The van der Waals surface area contributed by atoms with Gasteiger partial charge in [-0.3, -0.25) is 9.59 Å². The largest absolute Gasteiger partial charge is 0.332 e. The first-order chi connectivity index (χ1) is 9.74. The van der Waals surface area contributed by atoms with Crippen molar-refractivity contribution in [3.63, 3.8) is 0 Å². The molecule has 2 N–H and O–H groups in total. The zero-order chi connectivity index (χ0) is 13.9. The number of piperazine rings is 1. The molecule has 5 heteroatoms. The molecule has 2 aliphatic rings. The molecule has 1 fully saturated rings. The summed E-state index contributed by atoms with van der Waals surface area (Å²) in [6.45, 7) is 2.68. The molecule has 1 aromatic rings. The Morgan fingerprint density at radius 3 is 2.65 bits per heavy atom. The zero-order valence-electron chi connectivity index (χ0n) is 11.4. The third-order valence-corrected chi connectivity index (χ3v) is 3.95. The second-order valence-corrected chi connectivity index (χ2v) is 5.33. The van der Waals surface area contributed by atoms with Gasteiger partial charge in [0.05, 0.1) is 0 Å². The van der Waals surface area contributed by atoms with Gasteiger partial charge in [0.15, 0.2) is 0 Å². The van der Waals surface area contributed by atoms with Crippen LogP contribution < -0.4 is 10.6 Å². The summed E-state index contributed by atoms with van der Waals surface area (Å²) in [7, 11) is 0. The average Bonchev–Trinajstić information content (AvgIpc) is 2.95. The molecule has 0 saturated carbocycles. The number of nitrogens with one attached hydrogen (secondary N) is 2. The van der Waals surface area contributed by atoms with E-state index in [1.807, 2.05) is 18.2 Å². The van der Waals surface area contributed by atoms with Gasteiger partial charge in [-0.25, -0.2) is 0 Å². The van der Waals surface area contributed by atoms with Crippen LogP contribution in [-0.2, 0) is 22.4 Å². The summed E-state index contributed by atoms with van der Waals surface area (Å²) in [5, 5.41) is 5.88. The lowest BCUT2D eigenvalue weighted by Crippen LogP contribution is -2.49. The van der Waals surface area contributed by atoms with Crippen molar-refractivity contribution in [2.45, 2.75) is 19.3 Å². The maximum absolute atomic E-state index is 12.0. The zero-order valence-corrected chi connectivity index (χ0v) is 11.4. The standard InChI is InChI=1S/C15H19N3O2/c19-14(15(20)18-8-6-16-7-9-18)17-13-5-4-11-2-1-3-12(11)10-13/h4-5,10,16H,1-3,6-9H2,(H,17,19). The van der Waals surface area contributed by atoms with Crippen molar-refractivity contribution in [3.8, 4) is 0 Å². The molecule has 0 spiro atoms. The molecule has 1 aromatic carbocycles. The number of amides is 2. The van der Waals surface area contributed by atoms with Crippen LogP contribution in [0.5, 0.6) is 0 Å². The number of aryl methyl sites for hydroxylation is 2. The molecule has 0 bridgehead atoms. The maximum atomic E-state index is 12.0. The number of nitrogens with zero attached hydrogens (tertiary/aromatic N) is 1. The fraction of sp³-hybridized carbons (Fsp3) is 0.467. The molecule has 106 valence electrons. The van der Waals surface area contributed by atoms with E-state index in [0.29, 0.717) is 13.1 Å². The molecule has 3 rings (SSSR count). The van der Waals surface area contributed by atoms with E-state index >= 15 is 0 Å². The van der Waals surface area contributed by atoms with Crippen LogP contribution in [0.4, 0.5) is 5.69 Å². The number of hydrogen-bond acceptors (Lipinski definition) is 3. The SMILES string of the molecule is O=C(Nc1ccc2c(c1)CCC2)C(=O)N1CCNCC1. The van der Waals surface area contributed by atoms with Crippen molar-refractivity contribution >= 4 is 17.5 Å². The molecule has 0 radical (unpaired) electrons. The van der Waals surface area contributed by atoms with E-state index in [9.17, 15) is 9.59 Å². The first-order valence-electron chi connectivity index (χ1n) is 7.17. The van der Waals surface area contributed by atoms with Gasteiger partial charge in [-0.2, -0.15) is 0 Å². The fourth-order valence-corrected chi connectivity index (χ4v) is 2.85. The second-order valence-electron chi connectivity index (χ2n) is 5.33. The van der Waals surface area contributed by atoms with E-state index in [-0.39, 0.29) is 0 Å². The predicted molar refractivity (Wildman–Crippen MR) is 76.5 cm³/mol. The highest BCUT2D eigenvalue weighted by atomic mass is 16.2. The Balaban J connectivity index is 1.64. The lowest BCUT2D eigenvalue weighted by Gasteiger charge is -2.26. The van der Waals surface area contributed by atoms with Crippen molar-refractivity contribution < 1.29 is 9.59 Å². The van der Waals surface area contributed by atoms with Crippen LogP contribution >= 0.6 is 0 Å². The lowest BCUT2D eigenvalue weighted by molar-refractivity contribution is -0.143. The van der Waals surface area contributed by atoms with Gasteiger partial charge in [0.2, 0.25) is 0 Å². The molecule has 0 aromatic heterocycles. The van der Waals surface area contributed by atoms with Gasteiger partial charge in [0.25, 0.3) is 0 Å². The minimum atomic E-state index is -0.537. The van der Waals surface area contributed by atoms with E-state index in [4.69, 9.17) is 0 Å². The Bertz CT molecular complexity index is 536. The molecule has 2 amide bonds. The smallest absolute Gasteiger partial charge is 0.313 e. The Kier molecular flexibility index (Phi) is 3.69. The van der Waals surface area contributed by atoms with Gasteiger partial charge >= 0.3 is 11.8 Å². The fourth-order valence-electron chi connectivity index (χ4n) is 2.85. The molecule has 1 aliphatic heterocycles. The molecule has 20 heavy (non-hydrogen) atoms. The number of hydrogen-bond donors (Lipinski definition) is 2. The van der Waals surface area contributed by atoms with Gasteiger partial charge in [-0.05, 0) is 42.5 Å². The molecule has 1 heterocycles. The first-order valence-corrected chi connectivity index (χ1v) is 7.17. The van der Waals surface area contributed by atoms with Crippen LogP contribution in [0.15, 0.2) is 18.2 Å². The number of rotatable bonds is 1. The van der Waals surface area contributed by atoms with Crippen LogP contribution in [0, 0.1) is 0 Å². The summed E-state index contributed by atoms with van der Waals surface area (Å²) < 4.78 is 0. The summed E-state index contributed by atoms with van der Waals surface area (Å²) in [5.74, 6) is -0.975. The highest BCUT2D eigenvalue weighted by Gasteiger charge is 2.23. The number of carbonyl (C=O) groups excluding carboxylic acids is 2. The van der Waals surface area contributed by atoms with Crippen LogP contribution in [0.25, 0.3) is 0 Å². The third-order valence-electron chi connectivity index (χ3n) is 3.95. The highest BCUT2D eigenvalue weighted by Crippen LogP contribution is 2.24. The van der Waals surface area contributed by atoms with Crippen LogP contribution in [0.1, 0.15) is 17.5 Å². The Hall–Kier alpha value is -1.88. The first kappa shape index (κ1) is 13.1. The van der Waals surface area contributed by atoms with Crippen molar-refractivity contribution in [1.29, 1.82) is 0 Å². The lowest BCUT2D eigenvalue weighted by atomic mass is 10.1. The second kappa shape index (κ2) is 5.63. The van der Waals surface area contributed by atoms with E-state index in [0.717, 1.165) is 31.6 Å². The summed E-state index contributed by atoms with van der Waals surface area (Å²) in [4.78, 5) is 25.6. The van der Waals surface area contributed by atoms with E-state index in [1.165, 1.54) is 17.5 Å². The minimum absolute atomic E-state index is 0.438. The highest BCUT2D eigenvalue weighted by molar-refractivity contribution is 6.39. The Morgan fingerprint density at radius 1 is 1.10 bits per heavy atom. The average molecular weight is 273 g/mol. The van der Waals surface area contributed by atoms with E-state index in [2.05, 4.69) is 10.6 Å². The molecular weight excluding hydrogens is 254 g/mol. The summed E-state index contributed by atoms with van der Waals surface area (Å²) in [5.41, 5.74) is 3.37. The van der Waals surface area contributed by atoms with E-state index in [1.54, 1.807) is 4.90 Å². The van der Waals surface area contributed by atoms with Crippen molar-refractivity contribution in [3.05, 3.63) is 29.3 Å². The summed E-state index contributed by atoms with van der Waals surface area (Å²) in [6, 6.07) is 5.92. The molecule has 0 atom stereocenters. The topological polar surface area (TPSA) is 61.4 Å². The number of fused-ring (bicyclic) bond motifs is 1. The van der Waals surface area contributed by atoms with Gasteiger partial charge in [0.1, 0.15) is 0 Å². The predicted octanol–water partition coefficient (Wildman–Crippen LogP) is 0.546. The monoisotopic (exact) mass is 273 g/mol. The maximum Gasteiger partial charge on any atom is 0.313 e. The third kappa shape index (κ3) is 2.67. The van der Waals surface area contributed by atoms with Gasteiger partial charge < -0.3 is 15.5 Å². The molecule has 1 aliphatic carbocycles. The van der Waals surface area contributed by atoms with Crippen LogP contribution in [-0.4, -0.2) is 42.9 Å². The summed E-state index contributed by atoms with van der Waals surface area (Å²) in [6.07, 6.45) is 3.35. The van der Waals surface area contributed by atoms with E-state index < -0.39 is 11.8 Å². The quantitative estimate of drug-likeness (QED) is 0.734. The summed E-state index contributed by atoms with van der Waals surface area (Å²) >= 11 is 0. The van der Waals surface area contributed by atoms with Gasteiger partial charge in [-0.1, -0.05) is 6.07 Å². The molecule has 0 unspecified atom stereocenters. The van der Waals surface area contributed by atoms with Crippen molar-refractivity contribution in [1.82, 2.24) is 10.2 Å². The molecule has 1 saturated heterocycles. The van der Waals surface area contributed by atoms with Crippen molar-refractivity contribution in [2.75, 3.05) is 31.5 Å². The minimum Gasteiger partial charge on any atom is -0.332 e. The van der Waals surface area contributed by atoms with Gasteiger partial charge in [0, 0.05) is 31.9 Å². The molecule has 5 nitrogen and oxygen atoms in total. The number of anilines is 1. The van der Waals surface area contributed by atoms with Crippen LogP contribution in [0.3, 0.4) is 0 Å². The normalized spacial score (nSPS) is 17.7. The Morgan fingerprint density at radius 2 is 1.85 bits per heavy atom. The van der Waals surface area contributed by atoms with Crippen LogP contribution in [0.2, 0.25) is 0 Å².